The Morgan fingerprint density at radius 2 is 2.25 bits per heavy atom. The molecule has 0 saturated carbocycles. The average Bonchev–Trinajstić information content (AvgIpc) is 2.33. The molecule has 0 amide bonds. The van der Waals surface area contributed by atoms with Crippen molar-refractivity contribution in [3.63, 3.8) is 0 Å². The van der Waals surface area contributed by atoms with E-state index in [1.807, 2.05) is 0 Å². The smallest absolute Gasteiger partial charge is 0.183 e. The van der Waals surface area contributed by atoms with E-state index in [0.717, 1.165) is 0 Å². The highest BCUT2D eigenvalue weighted by Crippen LogP contribution is 2.21. The highest BCUT2D eigenvalue weighted by atomic mass is 32.2. The van der Waals surface area contributed by atoms with Crippen LogP contribution in [-0.4, -0.2) is 42.1 Å². The Morgan fingerprint density at radius 3 is 2.83 bits per heavy atom. The first kappa shape index (κ1) is 8.21. The van der Waals surface area contributed by atoms with Gasteiger partial charge in [0.25, 0.3) is 0 Å². The molecule has 0 aromatic heterocycles. The van der Waals surface area contributed by atoms with Crippen molar-refractivity contribution >= 4 is 27.2 Å². The molecule has 68 valence electrons. The molecule has 2 fully saturated rings. The number of nitrogens with zero attached hydrogens (tertiary/aromatic N) is 1. The Kier molecular flexibility index (Phi) is 1.57. The summed E-state index contributed by atoms with van der Waals surface area (Å²) < 4.78 is 22.3. The summed E-state index contributed by atoms with van der Waals surface area (Å²) >= 11 is 4.87. The van der Waals surface area contributed by atoms with Gasteiger partial charge in [0, 0.05) is 0 Å². The van der Waals surface area contributed by atoms with Crippen LogP contribution < -0.4 is 11.2 Å². The maximum absolute atomic E-state index is 11.1. The highest BCUT2D eigenvalue weighted by Gasteiger charge is 2.46. The van der Waals surface area contributed by atoms with E-state index in [-0.39, 0.29) is 23.6 Å². The van der Waals surface area contributed by atoms with E-state index in [1.54, 1.807) is 0 Å². The molecule has 0 bridgehead atoms. The summed E-state index contributed by atoms with van der Waals surface area (Å²) in [6.45, 7) is 0. The zero-order valence-corrected chi connectivity index (χ0v) is 7.86. The minimum atomic E-state index is -2.91. The predicted octanol–water partition coefficient (Wildman–Crippen LogP) is -1.78. The van der Waals surface area contributed by atoms with Gasteiger partial charge in [-0.2, -0.15) is 0 Å². The van der Waals surface area contributed by atoms with Gasteiger partial charge >= 0.3 is 0 Å². The number of hydrazine groups is 1. The summed E-state index contributed by atoms with van der Waals surface area (Å²) in [6.07, 6.45) is 0. The molecule has 0 aliphatic carbocycles. The van der Waals surface area contributed by atoms with Gasteiger partial charge in [-0.3, -0.25) is 5.01 Å². The zero-order valence-electron chi connectivity index (χ0n) is 6.23. The van der Waals surface area contributed by atoms with E-state index >= 15 is 0 Å². The average molecular weight is 207 g/mol. The van der Waals surface area contributed by atoms with Crippen molar-refractivity contribution in [3.8, 4) is 0 Å². The Morgan fingerprint density at radius 1 is 1.58 bits per heavy atom. The van der Waals surface area contributed by atoms with Gasteiger partial charge in [0.2, 0.25) is 0 Å². The van der Waals surface area contributed by atoms with E-state index in [9.17, 15) is 8.42 Å². The lowest BCUT2D eigenvalue weighted by Gasteiger charge is -2.15. The van der Waals surface area contributed by atoms with Crippen molar-refractivity contribution in [2.45, 2.75) is 12.1 Å². The third-order valence-electron chi connectivity index (χ3n) is 2.22. The lowest BCUT2D eigenvalue weighted by atomic mass is 10.2. The van der Waals surface area contributed by atoms with Gasteiger partial charge in [0.05, 0.1) is 23.6 Å². The second kappa shape index (κ2) is 2.30. The van der Waals surface area contributed by atoms with Crippen LogP contribution in [0.5, 0.6) is 0 Å². The van der Waals surface area contributed by atoms with Crippen molar-refractivity contribution in [1.82, 2.24) is 10.3 Å². The van der Waals surface area contributed by atoms with Crippen LogP contribution in [-0.2, 0) is 9.84 Å². The van der Waals surface area contributed by atoms with Gasteiger partial charge in [0.1, 0.15) is 0 Å². The standard InChI is InChI=1S/C5H9N3O2S2/c6-8-4-2-12(9,10)1-3(4)7-5(8)11/h3-4H,1-2,6H2,(H,7,11)/t3-,4-/m1/s1. The Bertz CT molecular complexity index is 326. The Hall–Kier alpha value is -0.400. The molecule has 0 aromatic rings. The molecule has 2 atom stereocenters. The van der Waals surface area contributed by atoms with Crippen LogP contribution in [0.3, 0.4) is 0 Å². The fourth-order valence-corrected chi connectivity index (χ4v) is 3.81. The summed E-state index contributed by atoms with van der Waals surface area (Å²) in [5, 5.41) is 4.66. The molecule has 3 N–H and O–H groups in total. The monoisotopic (exact) mass is 207 g/mol. The van der Waals surface area contributed by atoms with Crippen LogP contribution in [0, 0.1) is 0 Å². The van der Waals surface area contributed by atoms with Crippen molar-refractivity contribution in [1.29, 1.82) is 0 Å². The second-order valence-electron chi connectivity index (χ2n) is 3.11. The fourth-order valence-electron chi connectivity index (χ4n) is 1.62. The third-order valence-corrected chi connectivity index (χ3v) is 4.27. The van der Waals surface area contributed by atoms with Crippen LogP contribution in [0.25, 0.3) is 0 Å². The second-order valence-corrected chi connectivity index (χ2v) is 5.65. The molecule has 12 heavy (non-hydrogen) atoms. The molecular formula is C5H9N3O2S2. The molecule has 0 radical (unpaired) electrons. The number of thiocarbonyl (C=S) groups is 1. The topological polar surface area (TPSA) is 75.4 Å². The number of hydrogen-bond acceptors (Lipinski definition) is 4. The minimum absolute atomic E-state index is 0.104. The lowest BCUT2D eigenvalue weighted by molar-refractivity contribution is 0.368. The maximum atomic E-state index is 11.1. The van der Waals surface area contributed by atoms with E-state index in [0.29, 0.717) is 5.11 Å². The van der Waals surface area contributed by atoms with E-state index in [1.165, 1.54) is 5.01 Å². The van der Waals surface area contributed by atoms with Crippen molar-refractivity contribution in [2.75, 3.05) is 11.5 Å². The molecule has 2 aliphatic heterocycles. The summed E-state index contributed by atoms with van der Waals surface area (Å²) in [5.41, 5.74) is 0. The van der Waals surface area contributed by atoms with Gasteiger partial charge < -0.3 is 5.32 Å². The molecule has 2 heterocycles. The highest BCUT2D eigenvalue weighted by molar-refractivity contribution is 7.91. The molecular weight excluding hydrogens is 198 g/mol. The van der Waals surface area contributed by atoms with Crippen molar-refractivity contribution < 1.29 is 8.42 Å². The minimum Gasteiger partial charge on any atom is -0.356 e. The molecule has 7 heteroatoms. The number of rotatable bonds is 0. The number of fused-ring (bicyclic) bond motifs is 1. The molecule has 0 unspecified atom stereocenters. The molecule has 0 spiro atoms. The maximum Gasteiger partial charge on any atom is 0.183 e. The van der Waals surface area contributed by atoms with Crippen molar-refractivity contribution in [2.24, 2.45) is 5.84 Å². The quantitative estimate of drug-likeness (QED) is 0.361. The van der Waals surface area contributed by atoms with Crippen LogP contribution in [0.2, 0.25) is 0 Å². The number of sulfone groups is 1. The molecule has 2 rings (SSSR count). The Labute approximate surface area is 75.8 Å². The summed E-state index contributed by atoms with van der Waals surface area (Å²) in [6, 6.07) is -0.269. The molecule has 0 aromatic carbocycles. The van der Waals surface area contributed by atoms with Crippen LogP contribution in [0.1, 0.15) is 0 Å². The van der Waals surface area contributed by atoms with Crippen LogP contribution in [0.4, 0.5) is 0 Å². The van der Waals surface area contributed by atoms with Crippen LogP contribution in [0.15, 0.2) is 0 Å². The fraction of sp³-hybridized carbons (Fsp3) is 0.800. The third kappa shape index (κ3) is 1.08. The number of hydrogen-bond donors (Lipinski definition) is 2. The molecule has 2 saturated heterocycles. The largest absolute Gasteiger partial charge is 0.356 e. The number of nitrogens with two attached hydrogens (primary N) is 1. The van der Waals surface area contributed by atoms with E-state index in [2.05, 4.69) is 5.32 Å². The SMILES string of the molecule is NN1C(=S)N[C@@H]2CS(=O)(=O)C[C@H]21. The first-order chi connectivity index (χ1) is 5.49. The van der Waals surface area contributed by atoms with Gasteiger partial charge in [-0.15, -0.1) is 0 Å². The summed E-state index contributed by atoms with van der Waals surface area (Å²) in [4.78, 5) is 0. The first-order valence-electron chi connectivity index (χ1n) is 3.54. The lowest BCUT2D eigenvalue weighted by Crippen LogP contribution is -2.42. The number of nitrogens with one attached hydrogen (secondary N) is 1. The molecule has 2 aliphatic rings. The van der Waals surface area contributed by atoms with Gasteiger partial charge in [-0.25, -0.2) is 14.3 Å². The first-order valence-corrected chi connectivity index (χ1v) is 5.77. The van der Waals surface area contributed by atoms with Crippen molar-refractivity contribution in [3.05, 3.63) is 0 Å². The Balaban J connectivity index is 2.27. The van der Waals surface area contributed by atoms with Gasteiger partial charge in [0.15, 0.2) is 14.9 Å². The zero-order chi connectivity index (χ0) is 8.93. The van der Waals surface area contributed by atoms with Crippen LogP contribution >= 0.6 is 12.2 Å². The molecule has 5 nitrogen and oxygen atoms in total. The van der Waals surface area contributed by atoms with E-state index in [4.69, 9.17) is 18.1 Å². The van der Waals surface area contributed by atoms with E-state index < -0.39 is 9.84 Å². The normalized spacial score (nSPS) is 38.1. The summed E-state index contributed by atoms with van der Waals surface area (Å²) in [7, 11) is -2.91. The predicted molar refractivity (Wildman–Crippen MR) is 48.0 cm³/mol. The van der Waals surface area contributed by atoms with Gasteiger partial charge in [-0.1, -0.05) is 0 Å². The summed E-state index contributed by atoms with van der Waals surface area (Å²) in [5.74, 6) is 5.81. The van der Waals surface area contributed by atoms with Gasteiger partial charge in [-0.05, 0) is 12.2 Å².